The van der Waals surface area contributed by atoms with E-state index in [4.69, 9.17) is 0 Å². The molecule has 2 nitrogen and oxygen atoms in total. The minimum Gasteiger partial charge on any atom is -0.382 e. The van der Waals surface area contributed by atoms with Crippen LogP contribution in [0, 0.1) is 0 Å². The molecular formula is C16H14N2S. The van der Waals surface area contributed by atoms with Crippen molar-refractivity contribution in [3.05, 3.63) is 65.7 Å². The van der Waals surface area contributed by atoms with Crippen molar-refractivity contribution in [1.82, 2.24) is 4.98 Å². The minimum atomic E-state index is 0.819. The zero-order valence-corrected chi connectivity index (χ0v) is 11.2. The number of thiazole rings is 1. The van der Waals surface area contributed by atoms with E-state index in [1.807, 2.05) is 23.7 Å². The normalized spacial score (nSPS) is 11.2. The van der Waals surface area contributed by atoms with E-state index in [0.29, 0.717) is 0 Å². The molecule has 0 atom stereocenters. The molecule has 2 aromatic carbocycles. The lowest BCUT2D eigenvalue weighted by Crippen LogP contribution is -1.97. The lowest BCUT2D eigenvalue weighted by atomic mass is 10.2. The van der Waals surface area contributed by atoms with Crippen LogP contribution in [0.5, 0.6) is 0 Å². The maximum Gasteiger partial charge on any atom is 0.0813 e. The van der Waals surface area contributed by atoms with Gasteiger partial charge in [-0.2, -0.15) is 0 Å². The van der Waals surface area contributed by atoms with Gasteiger partial charge in [0.1, 0.15) is 0 Å². The number of fused-ring (bicyclic) bond motifs is 1. The van der Waals surface area contributed by atoms with E-state index >= 15 is 0 Å². The summed E-state index contributed by atoms with van der Waals surface area (Å²) in [6, 6.07) is 16.6. The Labute approximate surface area is 116 Å². The summed E-state index contributed by atoms with van der Waals surface area (Å²) in [5.74, 6) is 0. The zero-order valence-electron chi connectivity index (χ0n) is 10.4. The van der Waals surface area contributed by atoms with Crippen molar-refractivity contribution in [3.8, 4) is 0 Å². The molecule has 1 N–H and O–H groups in total. The molecular weight excluding hydrogens is 252 g/mol. The van der Waals surface area contributed by atoms with Crippen LogP contribution in [0.2, 0.25) is 0 Å². The van der Waals surface area contributed by atoms with Gasteiger partial charge in [-0.1, -0.05) is 42.5 Å². The van der Waals surface area contributed by atoms with Gasteiger partial charge >= 0.3 is 0 Å². The number of hydrogen-bond acceptors (Lipinski definition) is 3. The van der Waals surface area contributed by atoms with Crippen LogP contribution in [0.25, 0.3) is 16.3 Å². The van der Waals surface area contributed by atoms with Crippen LogP contribution in [0.3, 0.4) is 0 Å². The summed E-state index contributed by atoms with van der Waals surface area (Å²) in [6.45, 7) is 0.819. The maximum atomic E-state index is 4.27. The summed E-state index contributed by atoms with van der Waals surface area (Å²) in [5, 5.41) is 3.39. The molecule has 0 spiro atoms. The first kappa shape index (κ1) is 11.9. The third kappa shape index (κ3) is 3.01. The Kier molecular flexibility index (Phi) is 3.56. The molecule has 1 heterocycles. The topological polar surface area (TPSA) is 24.9 Å². The summed E-state index contributed by atoms with van der Waals surface area (Å²) >= 11 is 1.67. The van der Waals surface area contributed by atoms with E-state index in [9.17, 15) is 0 Å². The fourth-order valence-corrected chi connectivity index (χ4v) is 2.62. The van der Waals surface area contributed by atoms with Gasteiger partial charge in [-0.25, -0.2) is 4.98 Å². The van der Waals surface area contributed by atoms with Gasteiger partial charge in [0.2, 0.25) is 0 Å². The molecule has 0 aliphatic rings. The first-order chi connectivity index (χ1) is 9.42. The summed E-state index contributed by atoms with van der Waals surface area (Å²) in [7, 11) is 0. The van der Waals surface area contributed by atoms with Gasteiger partial charge in [0.15, 0.2) is 0 Å². The second-order valence-electron chi connectivity index (χ2n) is 4.23. The van der Waals surface area contributed by atoms with Gasteiger partial charge in [0.25, 0.3) is 0 Å². The second kappa shape index (κ2) is 5.67. The van der Waals surface area contributed by atoms with Gasteiger partial charge in [0.05, 0.1) is 15.7 Å². The molecule has 94 valence electrons. The number of benzene rings is 2. The predicted octanol–water partition coefficient (Wildman–Crippen LogP) is 4.42. The fraction of sp³-hybridized carbons (Fsp3) is 0.0625. The summed E-state index contributed by atoms with van der Waals surface area (Å²) in [4.78, 5) is 4.27. The van der Waals surface area contributed by atoms with Crippen LogP contribution in [0.15, 0.2) is 60.1 Å². The molecule has 0 saturated heterocycles. The lowest BCUT2D eigenvalue weighted by Gasteiger charge is -2.02. The standard InChI is InChI=1S/C16H14N2S/c1-2-5-13(6-3-1)7-4-10-17-14-8-9-15-16(11-14)19-12-18-15/h1-9,11-12,17H,10H2/b7-4+. The second-order valence-corrected chi connectivity index (χ2v) is 5.12. The van der Waals surface area contributed by atoms with Crippen molar-refractivity contribution < 1.29 is 0 Å². The van der Waals surface area contributed by atoms with Crippen molar-refractivity contribution in [3.63, 3.8) is 0 Å². The Morgan fingerprint density at radius 3 is 2.89 bits per heavy atom. The Hall–Kier alpha value is -2.13. The summed E-state index contributed by atoms with van der Waals surface area (Å²) in [5.41, 5.74) is 5.30. The molecule has 3 aromatic rings. The molecule has 0 saturated carbocycles. The first-order valence-corrected chi connectivity index (χ1v) is 7.08. The molecule has 0 radical (unpaired) electrons. The van der Waals surface area contributed by atoms with Crippen molar-refractivity contribution in [1.29, 1.82) is 0 Å². The third-order valence-corrected chi connectivity index (χ3v) is 3.66. The molecule has 0 bridgehead atoms. The molecule has 3 heteroatoms. The number of nitrogens with zero attached hydrogens (tertiary/aromatic N) is 1. The highest BCUT2D eigenvalue weighted by atomic mass is 32.1. The fourth-order valence-electron chi connectivity index (χ4n) is 1.90. The average Bonchev–Trinajstić information content (AvgIpc) is 2.92. The van der Waals surface area contributed by atoms with Crippen molar-refractivity contribution in [2.24, 2.45) is 0 Å². The van der Waals surface area contributed by atoms with E-state index in [-0.39, 0.29) is 0 Å². The van der Waals surface area contributed by atoms with Gasteiger partial charge in [-0.3, -0.25) is 0 Å². The van der Waals surface area contributed by atoms with Crippen molar-refractivity contribution in [2.45, 2.75) is 0 Å². The predicted molar refractivity (Wildman–Crippen MR) is 83.6 cm³/mol. The van der Waals surface area contributed by atoms with Gasteiger partial charge in [0, 0.05) is 12.2 Å². The average molecular weight is 266 g/mol. The monoisotopic (exact) mass is 266 g/mol. The molecule has 1 aromatic heterocycles. The van der Waals surface area contributed by atoms with Crippen LogP contribution < -0.4 is 5.32 Å². The smallest absolute Gasteiger partial charge is 0.0813 e. The van der Waals surface area contributed by atoms with E-state index in [2.05, 4.69) is 52.8 Å². The maximum absolute atomic E-state index is 4.27. The molecule has 0 aliphatic carbocycles. The molecule has 3 rings (SSSR count). The zero-order chi connectivity index (χ0) is 12.9. The van der Waals surface area contributed by atoms with Crippen LogP contribution in [-0.2, 0) is 0 Å². The number of rotatable bonds is 4. The van der Waals surface area contributed by atoms with Gasteiger partial charge < -0.3 is 5.32 Å². The highest BCUT2D eigenvalue weighted by molar-refractivity contribution is 7.16. The first-order valence-electron chi connectivity index (χ1n) is 6.20. The van der Waals surface area contributed by atoms with Crippen LogP contribution >= 0.6 is 11.3 Å². The minimum absolute atomic E-state index is 0.819. The number of nitrogens with one attached hydrogen (secondary N) is 1. The Morgan fingerprint density at radius 2 is 2.00 bits per heavy atom. The number of aromatic nitrogens is 1. The lowest BCUT2D eigenvalue weighted by molar-refractivity contribution is 1.35. The van der Waals surface area contributed by atoms with Gasteiger partial charge in [-0.15, -0.1) is 11.3 Å². The Bertz CT molecular complexity index is 686. The van der Waals surface area contributed by atoms with Crippen molar-refractivity contribution >= 4 is 33.3 Å². The molecule has 0 fully saturated rings. The van der Waals surface area contributed by atoms with E-state index in [0.717, 1.165) is 17.7 Å². The highest BCUT2D eigenvalue weighted by Crippen LogP contribution is 2.21. The molecule has 0 unspecified atom stereocenters. The quantitative estimate of drug-likeness (QED) is 0.756. The van der Waals surface area contributed by atoms with E-state index in [1.165, 1.54) is 10.3 Å². The van der Waals surface area contributed by atoms with Crippen LogP contribution in [0.1, 0.15) is 5.56 Å². The SMILES string of the molecule is C(=C\c1ccccc1)/CNc1ccc2ncsc2c1. The van der Waals surface area contributed by atoms with Crippen LogP contribution in [0.4, 0.5) is 5.69 Å². The summed E-state index contributed by atoms with van der Waals surface area (Å²) in [6.07, 6.45) is 4.25. The molecule has 0 aliphatic heterocycles. The van der Waals surface area contributed by atoms with Gasteiger partial charge in [-0.05, 0) is 23.8 Å². The van der Waals surface area contributed by atoms with E-state index in [1.54, 1.807) is 11.3 Å². The third-order valence-electron chi connectivity index (χ3n) is 2.87. The molecule has 19 heavy (non-hydrogen) atoms. The van der Waals surface area contributed by atoms with Crippen molar-refractivity contribution in [2.75, 3.05) is 11.9 Å². The van der Waals surface area contributed by atoms with E-state index < -0.39 is 0 Å². The highest BCUT2D eigenvalue weighted by Gasteiger charge is 1.97. The number of hydrogen-bond donors (Lipinski definition) is 1. The Balaban J connectivity index is 1.61. The summed E-state index contributed by atoms with van der Waals surface area (Å²) < 4.78 is 1.22. The Morgan fingerprint density at radius 1 is 1.11 bits per heavy atom. The molecule has 0 amide bonds. The largest absolute Gasteiger partial charge is 0.382 e. The van der Waals surface area contributed by atoms with Crippen LogP contribution in [-0.4, -0.2) is 11.5 Å². The number of anilines is 1.